The maximum absolute atomic E-state index is 11.1. The highest BCUT2D eigenvalue weighted by molar-refractivity contribution is 5.88. The van der Waals surface area contributed by atoms with Crippen LogP contribution in [0.3, 0.4) is 0 Å². The van der Waals surface area contributed by atoms with Gasteiger partial charge in [-0.15, -0.1) is 0 Å². The molecule has 14 heavy (non-hydrogen) atoms. The zero-order chi connectivity index (χ0) is 10.6. The second-order valence-electron chi connectivity index (χ2n) is 2.98. The van der Waals surface area contributed by atoms with Crippen molar-refractivity contribution in [2.24, 2.45) is 7.05 Å². The van der Waals surface area contributed by atoms with Crippen LogP contribution in [-0.2, 0) is 13.5 Å². The predicted octanol–water partition coefficient (Wildman–Crippen LogP) is 1.12. The standard InChI is InChI=1S/C9H16N4O/c1-4-7-6-8(12-13(7)3)11-9(14)10-5-2/h6H,4-5H2,1-3H3,(H2,10,11,12,14). The van der Waals surface area contributed by atoms with Crippen LogP contribution in [0.1, 0.15) is 19.5 Å². The Bertz CT molecular complexity index is 319. The topological polar surface area (TPSA) is 59.0 Å². The average Bonchev–Trinajstić information content (AvgIpc) is 2.46. The minimum absolute atomic E-state index is 0.215. The third-order valence-corrected chi connectivity index (χ3v) is 1.92. The van der Waals surface area contributed by atoms with Gasteiger partial charge in [-0.2, -0.15) is 5.10 Å². The lowest BCUT2D eigenvalue weighted by atomic mass is 10.3. The first-order valence-electron chi connectivity index (χ1n) is 4.75. The van der Waals surface area contributed by atoms with Gasteiger partial charge in [-0.05, 0) is 13.3 Å². The predicted molar refractivity (Wildman–Crippen MR) is 55.3 cm³/mol. The van der Waals surface area contributed by atoms with Crippen LogP contribution in [0.5, 0.6) is 0 Å². The summed E-state index contributed by atoms with van der Waals surface area (Å²) in [6.07, 6.45) is 0.903. The van der Waals surface area contributed by atoms with Gasteiger partial charge in [-0.25, -0.2) is 4.79 Å². The van der Waals surface area contributed by atoms with Crippen molar-refractivity contribution in [3.63, 3.8) is 0 Å². The van der Waals surface area contributed by atoms with E-state index in [0.29, 0.717) is 12.4 Å². The molecule has 1 aromatic rings. The van der Waals surface area contributed by atoms with Gasteiger partial charge in [-0.1, -0.05) is 6.92 Å². The lowest BCUT2D eigenvalue weighted by Gasteiger charge is -2.00. The van der Waals surface area contributed by atoms with Crippen LogP contribution < -0.4 is 10.6 Å². The fourth-order valence-electron chi connectivity index (χ4n) is 1.22. The quantitative estimate of drug-likeness (QED) is 0.761. The van der Waals surface area contributed by atoms with E-state index in [1.54, 1.807) is 4.68 Å². The van der Waals surface area contributed by atoms with Crippen LogP contribution in [0.4, 0.5) is 10.6 Å². The van der Waals surface area contributed by atoms with E-state index in [-0.39, 0.29) is 6.03 Å². The minimum atomic E-state index is -0.215. The molecule has 0 radical (unpaired) electrons. The van der Waals surface area contributed by atoms with E-state index in [2.05, 4.69) is 15.7 Å². The van der Waals surface area contributed by atoms with Crippen LogP contribution in [0.2, 0.25) is 0 Å². The van der Waals surface area contributed by atoms with Gasteiger partial charge in [0.15, 0.2) is 5.82 Å². The SMILES string of the molecule is CCNC(=O)Nc1cc(CC)n(C)n1. The maximum atomic E-state index is 11.1. The summed E-state index contributed by atoms with van der Waals surface area (Å²) in [7, 11) is 1.86. The molecule has 0 saturated carbocycles. The van der Waals surface area contributed by atoms with Crippen molar-refractivity contribution in [3.05, 3.63) is 11.8 Å². The molecule has 0 fully saturated rings. The van der Waals surface area contributed by atoms with Gasteiger partial charge >= 0.3 is 6.03 Å². The molecule has 2 amide bonds. The van der Waals surface area contributed by atoms with Crippen molar-refractivity contribution in [2.45, 2.75) is 20.3 Å². The zero-order valence-electron chi connectivity index (χ0n) is 8.79. The number of carbonyl (C=O) groups is 1. The molecule has 5 nitrogen and oxygen atoms in total. The largest absolute Gasteiger partial charge is 0.338 e. The fourth-order valence-corrected chi connectivity index (χ4v) is 1.22. The summed E-state index contributed by atoms with van der Waals surface area (Å²) in [5, 5.41) is 9.45. The molecule has 1 rings (SSSR count). The number of nitrogens with zero attached hydrogens (tertiary/aromatic N) is 2. The van der Waals surface area contributed by atoms with Gasteiger partial charge in [0.1, 0.15) is 0 Å². The highest BCUT2D eigenvalue weighted by Gasteiger charge is 2.05. The number of nitrogens with one attached hydrogen (secondary N) is 2. The molecular weight excluding hydrogens is 180 g/mol. The van der Waals surface area contributed by atoms with Gasteiger partial charge in [-0.3, -0.25) is 10.00 Å². The number of urea groups is 1. The summed E-state index contributed by atoms with van der Waals surface area (Å²) in [6, 6.07) is 1.66. The third kappa shape index (κ3) is 2.48. The summed E-state index contributed by atoms with van der Waals surface area (Å²) in [5.41, 5.74) is 1.09. The number of aromatic nitrogens is 2. The Morgan fingerprint density at radius 2 is 2.29 bits per heavy atom. The Kier molecular flexibility index (Phi) is 3.50. The molecule has 0 aliphatic carbocycles. The maximum Gasteiger partial charge on any atom is 0.320 e. The first-order valence-corrected chi connectivity index (χ1v) is 4.75. The van der Waals surface area contributed by atoms with E-state index in [1.165, 1.54) is 0 Å². The molecule has 0 aliphatic rings. The van der Waals surface area contributed by atoms with Gasteiger partial charge in [0, 0.05) is 25.4 Å². The van der Waals surface area contributed by atoms with Crippen molar-refractivity contribution in [1.82, 2.24) is 15.1 Å². The van der Waals surface area contributed by atoms with E-state index in [1.807, 2.05) is 27.0 Å². The monoisotopic (exact) mass is 196 g/mol. The highest BCUT2D eigenvalue weighted by Crippen LogP contribution is 2.08. The molecule has 78 valence electrons. The number of aryl methyl sites for hydroxylation is 2. The molecule has 0 aromatic carbocycles. The van der Waals surface area contributed by atoms with Gasteiger partial charge < -0.3 is 5.32 Å². The number of amides is 2. The smallest absolute Gasteiger partial charge is 0.320 e. The zero-order valence-corrected chi connectivity index (χ0v) is 8.79. The van der Waals surface area contributed by atoms with E-state index in [4.69, 9.17) is 0 Å². The van der Waals surface area contributed by atoms with Crippen molar-refractivity contribution < 1.29 is 4.79 Å². The van der Waals surface area contributed by atoms with Crippen molar-refractivity contribution in [3.8, 4) is 0 Å². The van der Waals surface area contributed by atoms with Gasteiger partial charge in [0.2, 0.25) is 0 Å². The van der Waals surface area contributed by atoms with Crippen LogP contribution in [0, 0.1) is 0 Å². The molecule has 1 aromatic heterocycles. The summed E-state index contributed by atoms with van der Waals surface area (Å²) >= 11 is 0. The second-order valence-corrected chi connectivity index (χ2v) is 2.98. The summed E-state index contributed by atoms with van der Waals surface area (Å²) < 4.78 is 1.77. The molecule has 5 heteroatoms. The third-order valence-electron chi connectivity index (χ3n) is 1.92. The van der Waals surface area contributed by atoms with Crippen molar-refractivity contribution in [1.29, 1.82) is 0 Å². The molecule has 0 bridgehead atoms. The average molecular weight is 196 g/mol. The normalized spacial score (nSPS) is 9.93. The first-order chi connectivity index (χ1) is 6.67. The number of carbonyl (C=O) groups excluding carboxylic acids is 1. The Balaban J connectivity index is 2.63. The highest BCUT2D eigenvalue weighted by atomic mass is 16.2. The molecule has 2 N–H and O–H groups in total. The van der Waals surface area contributed by atoms with Crippen LogP contribution >= 0.6 is 0 Å². The second kappa shape index (κ2) is 4.64. The minimum Gasteiger partial charge on any atom is -0.338 e. The molecule has 0 unspecified atom stereocenters. The van der Waals surface area contributed by atoms with Crippen LogP contribution in [0.15, 0.2) is 6.07 Å². The molecule has 0 spiro atoms. The summed E-state index contributed by atoms with van der Waals surface area (Å²) in [6.45, 7) is 4.53. The van der Waals surface area contributed by atoms with Crippen molar-refractivity contribution in [2.75, 3.05) is 11.9 Å². The molecule has 0 saturated heterocycles. The van der Waals surface area contributed by atoms with E-state index in [9.17, 15) is 4.79 Å². The van der Waals surface area contributed by atoms with E-state index >= 15 is 0 Å². The summed E-state index contributed by atoms with van der Waals surface area (Å²) in [5.74, 6) is 0.593. The Hall–Kier alpha value is -1.52. The van der Waals surface area contributed by atoms with Crippen molar-refractivity contribution >= 4 is 11.8 Å². The molecule has 0 aliphatic heterocycles. The number of rotatable bonds is 3. The van der Waals surface area contributed by atoms with Crippen LogP contribution in [0.25, 0.3) is 0 Å². The Morgan fingerprint density at radius 3 is 2.79 bits per heavy atom. The molecule has 1 heterocycles. The Labute approximate surface area is 83.5 Å². The first kappa shape index (κ1) is 10.6. The molecular formula is C9H16N4O. The van der Waals surface area contributed by atoms with Gasteiger partial charge in [0.25, 0.3) is 0 Å². The van der Waals surface area contributed by atoms with E-state index < -0.39 is 0 Å². The van der Waals surface area contributed by atoms with Gasteiger partial charge in [0.05, 0.1) is 0 Å². The lowest BCUT2D eigenvalue weighted by molar-refractivity contribution is 0.252. The fraction of sp³-hybridized carbons (Fsp3) is 0.556. The Morgan fingerprint density at radius 1 is 1.57 bits per heavy atom. The number of hydrogen-bond acceptors (Lipinski definition) is 2. The number of anilines is 1. The molecule has 0 atom stereocenters. The lowest BCUT2D eigenvalue weighted by Crippen LogP contribution is -2.28. The summed E-state index contributed by atoms with van der Waals surface area (Å²) in [4.78, 5) is 11.1. The van der Waals surface area contributed by atoms with Crippen LogP contribution in [-0.4, -0.2) is 22.4 Å². The number of hydrogen-bond donors (Lipinski definition) is 2. The van der Waals surface area contributed by atoms with E-state index in [0.717, 1.165) is 12.1 Å².